The molecule has 2 aromatic carbocycles. The Bertz CT molecular complexity index is 1030. The van der Waals surface area contributed by atoms with Gasteiger partial charge in [-0.25, -0.2) is 13.5 Å². The third-order valence-electron chi connectivity index (χ3n) is 5.33. The zero-order chi connectivity index (χ0) is 20.4. The molecule has 4 rings (SSSR count). The number of aromatic nitrogens is 2. The Labute approximate surface area is 179 Å². The van der Waals surface area contributed by atoms with Crippen molar-refractivity contribution in [1.82, 2.24) is 20.4 Å². The second-order valence-electron chi connectivity index (χ2n) is 7.26. The summed E-state index contributed by atoms with van der Waals surface area (Å²) in [6.07, 6.45) is 2.43. The highest BCUT2D eigenvalue weighted by Gasteiger charge is 2.29. The van der Waals surface area contributed by atoms with Gasteiger partial charge in [0.1, 0.15) is 0 Å². The van der Waals surface area contributed by atoms with Gasteiger partial charge in [-0.15, -0.1) is 12.4 Å². The fourth-order valence-corrected chi connectivity index (χ4v) is 3.79. The molecule has 2 atom stereocenters. The van der Waals surface area contributed by atoms with Crippen LogP contribution in [0, 0.1) is 18.6 Å². The van der Waals surface area contributed by atoms with E-state index < -0.39 is 11.6 Å². The molecule has 0 saturated carbocycles. The monoisotopic (exact) mass is 432 g/mol. The van der Waals surface area contributed by atoms with Crippen molar-refractivity contribution < 1.29 is 13.6 Å². The predicted octanol–water partition coefficient (Wildman–Crippen LogP) is 3.76. The zero-order valence-corrected chi connectivity index (χ0v) is 17.3. The van der Waals surface area contributed by atoms with Crippen LogP contribution in [0.3, 0.4) is 0 Å². The molecule has 1 saturated heterocycles. The van der Waals surface area contributed by atoms with Gasteiger partial charge in [-0.05, 0) is 49.7 Å². The largest absolute Gasteiger partial charge is 0.347 e. The van der Waals surface area contributed by atoms with Crippen LogP contribution in [0.1, 0.15) is 34.0 Å². The number of halogens is 3. The maximum atomic E-state index is 13.7. The highest BCUT2D eigenvalue weighted by atomic mass is 35.5. The van der Waals surface area contributed by atoms with Gasteiger partial charge < -0.3 is 10.6 Å². The Kier molecular flexibility index (Phi) is 6.84. The molecule has 0 radical (unpaired) electrons. The molecular formula is C22H23ClF2N4O. The van der Waals surface area contributed by atoms with Crippen molar-refractivity contribution in [3.63, 3.8) is 0 Å². The standard InChI is InChI=1S/C22H22F2N4O.ClH/c1-14-18(13-28(27-14)16-5-3-2-4-6-16)22(29)26-21-12-25-10-9-17(21)15-7-8-19(23)20(24)11-15;/h2-8,11,13,17,21,25H,9-10,12H2,1H3,(H,26,29);1H. The van der Waals surface area contributed by atoms with Gasteiger partial charge in [0.15, 0.2) is 11.6 Å². The van der Waals surface area contributed by atoms with Crippen molar-refractivity contribution in [3.8, 4) is 5.69 Å². The summed E-state index contributed by atoms with van der Waals surface area (Å²) in [5.74, 6) is -2.07. The lowest BCUT2D eigenvalue weighted by Gasteiger charge is -2.33. The molecule has 1 aromatic heterocycles. The SMILES string of the molecule is Cc1nn(-c2ccccc2)cc1C(=O)NC1CNCCC1c1ccc(F)c(F)c1.Cl. The van der Waals surface area contributed by atoms with E-state index in [0.29, 0.717) is 23.4 Å². The Balaban J connectivity index is 0.00000256. The maximum absolute atomic E-state index is 13.7. The number of rotatable bonds is 4. The van der Waals surface area contributed by atoms with Crippen molar-refractivity contribution in [1.29, 1.82) is 0 Å². The highest BCUT2D eigenvalue weighted by molar-refractivity contribution is 5.95. The van der Waals surface area contributed by atoms with Crippen molar-refractivity contribution in [2.24, 2.45) is 0 Å². The number of carbonyl (C=O) groups is 1. The first kappa shape index (κ1) is 21.9. The molecule has 30 heavy (non-hydrogen) atoms. The van der Waals surface area contributed by atoms with E-state index in [1.54, 1.807) is 23.9 Å². The molecule has 1 amide bonds. The normalized spacial score (nSPS) is 18.5. The lowest BCUT2D eigenvalue weighted by Crippen LogP contribution is -2.50. The van der Waals surface area contributed by atoms with Crippen LogP contribution in [0.15, 0.2) is 54.7 Å². The van der Waals surface area contributed by atoms with Crippen LogP contribution in [0.25, 0.3) is 5.69 Å². The molecule has 0 spiro atoms. The number of amides is 1. The zero-order valence-electron chi connectivity index (χ0n) is 16.4. The van der Waals surface area contributed by atoms with Gasteiger partial charge in [-0.1, -0.05) is 24.3 Å². The number of hydrogen-bond acceptors (Lipinski definition) is 3. The number of aryl methyl sites for hydroxylation is 1. The molecule has 3 aromatic rings. The van der Waals surface area contributed by atoms with Gasteiger partial charge in [-0.3, -0.25) is 4.79 Å². The average molecular weight is 433 g/mol. The molecule has 2 N–H and O–H groups in total. The number of nitrogens with zero attached hydrogens (tertiary/aromatic N) is 2. The Hall–Kier alpha value is -2.77. The number of piperidine rings is 1. The van der Waals surface area contributed by atoms with Gasteiger partial charge >= 0.3 is 0 Å². The minimum Gasteiger partial charge on any atom is -0.347 e. The molecule has 5 nitrogen and oxygen atoms in total. The minimum absolute atomic E-state index is 0. The van der Waals surface area contributed by atoms with Gasteiger partial charge in [0.25, 0.3) is 5.91 Å². The highest BCUT2D eigenvalue weighted by Crippen LogP contribution is 2.27. The van der Waals surface area contributed by atoms with E-state index in [9.17, 15) is 13.6 Å². The number of nitrogens with one attached hydrogen (secondary N) is 2. The predicted molar refractivity (Wildman–Crippen MR) is 113 cm³/mol. The van der Waals surface area contributed by atoms with E-state index in [0.717, 1.165) is 24.7 Å². The molecular weight excluding hydrogens is 410 g/mol. The Morgan fingerprint density at radius 1 is 1.17 bits per heavy atom. The third-order valence-corrected chi connectivity index (χ3v) is 5.33. The topological polar surface area (TPSA) is 59.0 Å². The first-order valence-electron chi connectivity index (χ1n) is 9.61. The summed E-state index contributed by atoms with van der Waals surface area (Å²) in [5.41, 5.74) is 2.67. The van der Waals surface area contributed by atoms with Crippen molar-refractivity contribution in [2.75, 3.05) is 13.1 Å². The lowest BCUT2D eigenvalue weighted by molar-refractivity contribution is 0.0924. The summed E-state index contributed by atoms with van der Waals surface area (Å²) in [5, 5.41) is 10.8. The third kappa shape index (κ3) is 4.52. The second kappa shape index (κ2) is 9.36. The van der Waals surface area contributed by atoms with Gasteiger partial charge in [0.05, 0.1) is 16.9 Å². The summed E-state index contributed by atoms with van der Waals surface area (Å²) in [4.78, 5) is 13.0. The number of hydrogen-bond donors (Lipinski definition) is 2. The first-order chi connectivity index (χ1) is 14.0. The van der Waals surface area contributed by atoms with Crippen molar-refractivity contribution >= 4 is 18.3 Å². The fourth-order valence-electron chi connectivity index (χ4n) is 3.79. The quantitative estimate of drug-likeness (QED) is 0.660. The second-order valence-corrected chi connectivity index (χ2v) is 7.26. The number of benzene rings is 2. The van der Waals surface area contributed by atoms with Crippen molar-refractivity contribution in [3.05, 3.63) is 83.2 Å². The van der Waals surface area contributed by atoms with Gasteiger partial charge in [-0.2, -0.15) is 5.10 Å². The number of para-hydroxylation sites is 1. The molecule has 1 aliphatic heterocycles. The van der Waals surface area contributed by atoms with Crippen LogP contribution in [-0.2, 0) is 0 Å². The van der Waals surface area contributed by atoms with E-state index >= 15 is 0 Å². The van der Waals surface area contributed by atoms with Crippen LogP contribution >= 0.6 is 12.4 Å². The van der Waals surface area contributed by atoms with Crippen LogP contribution < -0.4 is 10.6 Å². The van der Waals surface area contributed by atoms with Crippen molar-refractivity contribution in [2.45, 2.75) is 25.3 Å². The summed E-state index contributed by atoms with van der Waals surface area (Å²) >= 11 is 0. The fraction of sp³-hybridized carbons (Fsp3) is 0.273. The van der Waals surface area contributed by atoms with Crippen LogP contribution in [0.4, 0.5) is 8.78 Å². The first-order valence-corrected chi connectivity index (χ1v) is 9.61. The van der Waals surface area contributed by atoms with Gasteiger partial charge in [0.2, 0.25) is 0 Å². The maximum Gasteiger partial charge on any atom is 0.255 e. The molecule has 2 unspecified atom stereocenters. The van der Waals surface area contributed by atoms with Gasteiger partial charge in [0, 0.05) is 24.7 Å². The molecule has 1 aliphatic rings. The molecule has 1 fully saturated rings. The Morgan fingerprint density at radius 3 is 2.67 bits per heavy atom. The summed E-state index contributed by atoms with van der Waals surface area (Å²) in [6.45, 7) is 3.10. The van der Waals surface area contributed by atoms with E-state index in [4.69, 9.17) is 0 Å². The molecule has 158 valence electrons. The van der Waals surface area contributed by atoms with E-state index in [1.807, 2.05) is 30.3 Å². The average Bonchev–Trinajstić information content (AvgIpc) is 3.13. The molecule has 2 heterocycles. The summed E-state index contributed by atoms with van der Waals surface area (Å²) in [7, 11) is 0. The minimum atomic E-state index is -0.869. The summed E-state index contributed by atoms with van der Waals surface area (Å²) in [6, 6.07) is 13.3. The smallest absolute Gasteiger partial charge is 0.255 e. The number of carbonyl (C=O) groups excluding carboxylic acids is 1. The molecule has 8 heteroatoms. The van der Waals surface area contributed by atoms with E-state index in [1.165, 1.54) is 6.07 Å². The summed E-state index contributed by atoms with van der Waals surface area (Å²) < 4.78 is 28.7. The van der Waals surface area contributed by atoms with Crippen LogP contribution in [-0.4, -0.2) is 34.8 Å². The van der Waals surface area contributed by atoms with E-state index in [-0.39, 0.29) is 30.3 Å². The van der Waals surface area contributed by atoms with Crippen LogP contribution in [0.5, 0.6) is 0 Å². The molecule has 0 bridgehead atoms. The molecule has 0 aliphatic carbocycles. The Morgan fingerprint density at radius 2 is 1.93 bits per heavy atom. The van der Waals surface area contributed by atoms with Crippen LogP contribution in [0.2, 0.25) is 0 Å². The lowest BCUT2D eigenvalue weighted by atomic mass is 9.86. The van der Waals surface area contributed by atoms with E-state index in [2.05, 4.69) is 15.7 Å².